The van der Waals surface area contributed by atoms with Crippen LogP contribution < -0.4 is 73.5 Å². The molecule has 0 bridgehead atoms. The summed E-state index contributed by atoms with van der Waals surface area (Å²) in [5, 5.41) is 1.67. The lowest BCUT2D eigenvalue weighted by Gasteiger charge is -2.21. The molecule has 3 aromatic carbocycles. The molecular weight excluding hydrogens is 1660 g/mol. The number of methoxy groups -OCH3 is 12. The lowest BCUT2D eigenvalue weighted by molar-refractivity contribution is 0.0579. The monoisotopic (exact) mass is 1750 g/mol. The average Bonchev–Trinajstić information content (AvgIpc) is 0.741. The minimum atomic E-state index is -0.717. The van der Waals surface area contributed by atoms with Crippen LogP contribution in [-0.4, -0.2) is 177 Å². The minimum absolute atomic E-state index is 0.0206. The third kappa shape index (κ3) is 19.4. The lowest BCUT2D eigenvalue weighted by atomic mass is 9.96. The first-order chi connectivity index (χ1) is 62.7. The zero-order valence-corrected chi connectivity index (χ0v) is 72.8. The van der Waals surface area contributed by atoms with Crippen LogP contribution >= 0.6 is 0 Å². The molecule has 0 N–H and O–H groups in total. The van der Waals surface area contributed by atoms with E-state index in [0.717, 1.165) is 33.8 Å². The molecule has 12 aromatic heterocycles. The Hall–Kier alpha value is -16.6. The molecule has 0 saturated carbocycles. The molecule has 0 aliphatic carbocycles. The standard InChI is InChI=1S/3C31H29N5O7/c3*1-18-13-19(7-11-32-18)16-36-27(31(38)42-5)25(20-14-22(39-2)28(41-4)23(15-20)40-3)21-8-12-35-29(26(21)30(36)37)43-17-24-33-9-6-10-34-24/h3*6-15H,16-17H2,1-5H3. The van der Waals surface area contributed by atoms with E-state index in [1.165, 1.54) is 118 Å². The number of carbonyl (C=O) groups excluding carboxylic acids is 3. The molecule has 36 nitrogen and oxygen atoms in total. The summed E-state index contributed by atoms with van der Waals surface area (Å²) in [6.07, 6.45) is 19.0. The van der Waals surface area contributed by atoms with Crippen molar-refractivity contribution in [3.05, 3.63) is 283 Å². The summed E-state index contributed by atoms with van der Waals surface area (Å²) in [5.41, 5.74) is 5.73. The van der Waals surface area contributed by atoms with Gasteiger partial charge in [0.15, 0.2) is 52.0 Å². The predicted molar refractivity (Wildman–Crippen MR) is 471 cm³/mol. The minimum Gasteiger partial charge on any atom is -0.493 e. The molecule has 129 heavy (non-hydrogen) atoms. The van der Waals surface area contributed by atoms with Crippen molar-refractivity contribution < 1.29 is 85.4 Å². The van der Waals surface area contributed by atoms with Crippen LogP contribution in [0.15, 0.2) is 198 Å². The number of ether oxygens (including phenoxy) is 15. The molecule has 0 spiro atoms. The topological polar surface area (TPSA) is 410 Å². The van der Waals surface area contributed by atoms with Gasteiger partial charge in [-0.1, -0.05) is 0 Å². The molecule has 0 atom stereocenters. The average molecular weight is 1750 g/mol. The van der Waals surface area contributed by atoms with Gasteiger partial charge in [0.1, 0.15) is 53.1 Å². The van der Waals surface area contributed by atoms with Crippen LogP contribution in [0.2, 0.25) is 0 Å². The third-order valence-electron chi connectivity index (χ3n) is 20.2. The van der Waals surface area contributed by atoms with Gasteiger partial charge in [-0.3, -0.25) is 43.0 Å². The molecule has 0 unspecified atom stereocenters. The number of carbonyl (C=O) groups is 3. The van der Waals surface area contributed by atoms with Gasteiger partial charge in [0.05, 0.1) is 105 Å². The van der Waals surface area contributed by atoms with Crippen LogP contribution in [0.5, 0.6) is 69.4 Å². The zero-order chi connectivity index (χ0) is 91.5. The van der Waals surface area contributed by atoms with E-state index in [9.17, 15) is 28.8 Å². The maximum absolute atomic E-state index is 14.3. The van der Waals surface area contributed by atoms with E-state index in [1.54, 1.807) is 147 Å². The van der Waals surface area contributed by atoms with Gasteiger partial charge in [-0.2, -0.15) is 0 Å². The van der Waals surface area contributed by atoms with Gasteiger partial charge in [0.2, 0.25) is 34.9 Å². The van der Waals surface area contributed by atoms with E-state index in [-0.39, 0.29) is 90.3 Å². The number of hydrogen-bond donors (Lipinski definition) is 0. The molecular formula is C93H87N15O21. The Balaban J connectivity index is 0.000000165. The molecule has 0 saturated heterocycles. The van der Waals surface area contributed by atoms with Crippen LogP contribution in [0, 0.1) is 20.8 Å². The van der Waals surface area contributed by atoms with Crippen molar-refractivity contribution in [1.82, 2.24) is 73.5 Å². The maximum Gasteiger partial charge on any atom is 0.355 e. The quantitative estimate of drug-likeness (QED) is 0.0298. The molecule has 0 aliphatic rings. The fourth-order valence-corrected chi connectivity index (χ4v) is 14.6. The van der Waals surface area contributed by atoms with Gasteiger partial charge in [0, 0.05) is 124 Å². The van der Waals surface area contributed by atoms with E-state index in [2.05, 4.69) is 59.8 Å². The van der Waals surface area contributed by atoms with Crippen LogP contribution in [-0.2, 0) is 53.7 Å². The van der Waals surface area contributed by atoms with E-state index >= 15 is 0 Å². The number of fused-ring (bicyclic) bond motifs is 3. The number of rotatable bonds is 30. The first-order valence-corrected chi connectivity index (χ1v) is 39.4. The second-order valence-electron chi connectivity index (χ2n) is 28.0. The SMILES string of the molecule is COC(=O)c1c(-c2cc(OC)c(OC)c(OC)c2)c2ccnc(OCc3ncccn3)c2c(=O)n1Cc1ccnc(C)c1.COC(=O)c1c(-c2cc(OC)c(OC)c(OC)c2)c2ccnc(OCc3ncccn3)c2c(=O)n1Cc1ccnc(C)c1.COC(=O)c1c(-c2cc(OC)c(OC)c(OC)c2)c2ccnc(OCc3ncccn3)c2c(=O)n1Cc1ccnc(C)c1. The molecule has 15 rings (SSSR count). The predicted octanol–water partition coefficient (Wildman–Crippen LogP) is 12.0. The van der Waals surface area contributed by atoms with Gasteiger partial charge in [-0.15, -0.1) is 0 Å². The normalized spacial score (nSPS) is 10.8. The zero-order valence-electron chi connectivity index (χ0n) is 72.8. The smallest absolute Gasteiger partial charge is 0.355 e. The van der Waals surface area contributed by atoms with Crippen molar-refractivity contribution in [3.63, 3.8) is 0 Å². The van der Waals surface area contributed by atoms with Gasteiger partial charge in [-0.05, 0) is 163 Å². The molecule has 0 radical (unpaired) electrons. The van der Waals surface area contributed by atoms with Crippen molar-refractivity contribution in [2.45, 2.75) is 60.2 Å². The van der Waals surface area contributed by atoms with Gasteiger partial charge >= 0.3 is 17.9 Å². The van der Waals surface area contributed by atoms with Crippen LogP contribution in [0.25, 0.3) is 65.7 Å². The van der Waals surface area contributed by atoms with Crippen molar-refractivity contribution in [2.75, 3.05) is 85.3 Å². The van der Waals surface area contributed by atoms with Gasteiger partial charge < -0.3 is 71.1 Å². The summed E-state index contributed by atoms with van der Waals surface area (Å²) in [6.45, 7) is 5.54. The van der Waals surface area contributed by atoms with Crippen LogP contribution in [0.4, 0.5) is 0 Å². The first-order valence-electron chi connectivity index (χ1n) is 39.4. The van der Waals surface area contributed by atoms with Crippen molar-refractivity contribution in [1.29, 1.82) is 0 Å². The van der Waals surface area contributed by atoms with Gasteiger partial charge in [-0.25, -0.2) is 59.2 Å². The molecule has 0 aliphatic heterocycles. The molecule has 0 amide bonds. The third-order valence-corrected chi connectivity index (χ3v) is 20.2. The number of esters is 3. The summed E-state index contributed by atoms with van der Waals surface area (Å²) >= 11 is 0. The Morgan fingerprint density at radius 1 is 0.287 bits per heavy atom. The largest absolute Gasteiger partial charge is 0.493 e. The highest BCUT2D eigenvalue weighted by Crippen LogP contribution is 2.48. The number of pyridine rings is 9. The van der Waals surface area contributed by atoms with E-state index < -0.39 is 34.6 Å². The summed E-state index contributed by atoms with van der Waals surface area (Å²) in [4.78, 5) is 135. The van der Waals surface area contributed by atoms with Crippen LogP contribution in [0.3, 0.4) is 0 Å². The van der Waals surface area contributed by atoms with Gasteiger partial charge in [0.25, 0.3) is 16.7 Å². The van der Waals surface area contributed by atoms with Crippen molar-refractivity contribution >= 4 is 50.2 Å². The summed E-state index contributed by atoms with van der Waals surface area (Å²) < 4.78 is 88.0. The highest BCUT2D eigenvalue weighted by atomic mass is 16.6. The maximum atomic E-state index is 14.3. The van der Waals surface area contributed by atoms with E-state index in [1.807, 2.05) is 39.0 Å². The molecule has 15 aromatic rings. The summed E-state index contributed by atoms with van der Waals surface area (Å²) in [7, 11) is 17.2. The van der Waals surface area contributed by atoms with E-state index in [4.69, 9.17) is 71.1 Å². The summed E-state index contributed by atoms with van der Waals surface area (Å²) in [6, 6.07) is 31.1. The first kappa shape index (κ1) is 90.2. The second kappa shape index (κ2) is 41.3. The fourth-order valence-electron chi connectivity index (χ4n) is 14.6. The highest BCUT2D eigenvalue weighted by molar-refractivity contribution is 6.11. The second-order valence-corrected chi connectivity index (χ2v) is 28.0. The molecule has 660 valence electrons. The highest BCUT2D eigenvalue weighted by Gasteiger charge is 2.33. The Morgan fingerprint density at radius 3 is 0.729 bits per heavy atom. The fraction of sp³-hybridized carbons (Fsp3) is 0.226. The number of hydrogen-bond acceptors (Lipinski definition) is 33. The molecule has 12 heterocycles. The number of benzene rings is 3. The summed E-state index contributed by atoms with van der Waals surface area (Å²) in [5.74, 6) is 2.48. The van der Waals surface area contributed by atoms with Crippen LogP contribution in [0.1, 0.15) is 82.7 Å². The number of nitrogens with zero attached hydrogens (tertiary/aromatic N) is 15. The van der Waals surface area contributed by atoms with E-state index in [0.29, 0.717) is 119 Å². The number of aromatic nitrogens is 15. The Labute approximate surface area is 736 Å². The molecule has 36 heteroatoms. The Morgan fingerprint density at radius 2 is 0.519 bits per heavy atom. The van der Waals surface area contributed by atoms with Crippen molar-refractivity contribution in [2.24, 2.45) is 0 Å². The Kier molecular flexibility index (Phi) is 28.9. The Bertz CT molecular complexity index is 6150. The molecule has 0 fully saturated rings. The van der Waals surface area contributed by atoms with Crippen molar-refractivity contribution in [3.8, 4) is 103 Å². The lowest BCUT2D eigenvalue weighted by Crippen LogP contribution is -2.29. The number of aryl methyl sites for hydroxylation is 3.